The summed E-state index contributed by atoms with van der Waals surface area (Å²) >= 11 is 1.59. The molecule has 2 aromatic rings. The number of anilines is 1. The van der Waals surface area contributed by atoms with Crippen molar-refractivity contribution < 1.29 is 9.32 Å². The first-order valence-electron chi connectivity index (χ1n) is 6.99. The van der Waals surface area contributed by atoms with E-state index in [0.717, 1.165) is 23.4 Å². The van der Waals surface area contributed by atoms with Gasteiger partial charge >= 0.3 is 0 Å². The number of nitrogens with zero attached hydrogens (tertiary/aromatic N) is 1. The molecule has 0 atom stereocenters. The number of thioether (sulfide) groups is 1. The lowest BCUT2D eigenvalue weighted by Crippen LogP contribution is -2.14. The van der Waals surface area contributed by atoms with E-state index in [-0.39, 0.29) is 5.91 Å². The molecule has 1 heterocycles. The quantitative estimate of drug-likeness (QED) is 0.883. The molecule has 0 fully saturated rings. The maximum absolute atomic E-state index is 11.9. The molecular weight excluding hydrogens is 284 g/mol. The van der Waals surface area contributed by atoms with E-state index in [1.54, 1.807) is 11.8 Å². The SMILES string of the molecule is CCc1c(C)noc1NC(=O)CSCc1ccccc1C. The molecule has 0 aliphatic rings. The number of aryl methyl sites for hydroxylation is 2. The van der Waals surface area contributed by atoms with E-state index in [4.69, 9.17) is 4.52 Å². The van der Waals surface area contributed by atoms with Crippen molar-refractivity contribution in [3.8, 4) is 0 Å². The van der Waals surface area contributed by atoms with Crippen LogP contribution in [-0.4, -0.2) is 16.8 Å². The van der Waals surface area contributed by atoms with Gasteiger partial charge in [0.05, 0.1) is 11.4 Å². The zero-order valence-corrected chi connectivity index (χ0v) is 13.4. The Labute approximate surface area is 129 Å². The Hall–Kier alpha value is -1.75. The lowest BCUT2D eigenvalue weighted by molar-refractivity contribution is -0.113. The molecular formula is C16H20N2O2S. The number of carbonyl (C=O) groups is 1. The summed E-state index contributed by atoms with van der Waals surface area (Å²) in [5, 5.41) is 6.68. The molecule has 0 bridgehead atoms. The third-order valence-electron chi connectivity index (χ3n) is 3.34. The Kier molecular flexibility index (Phi) is 5.44. The van der Waals surface area contributed by atoms with Crippen LogP contribution in [-0.2, 0) is 17.0 Å². The summed E-state index contributed by atoms with van der Waals surface area (Å²) in [6.07, 6.45) is 0.793. The fourth-order valence-electron chi connectivity index (χ4n) is 2.09. The predicted octanol–water partition coefficient (Wildman–Crippen LogP) is 3.73. The highest BCUT2D eigenvalue weighted by molar-refractivity contribution is 7.99. The second-order valence-corrected chi connectivity index (χ2v) is 5.88. The summed E-state index contributed by atoms with van der Waals surface area (Å²) < 4.78 is 5.15. The van der Waals surface area contributed by atoms with E-state index >= 15 is 0 Å². The fourth-order valence-corrected chi connectivity index (χ4v) is 3.00. The molecule has 0 saturated heterocycles. The van der Waals surface area contributed by atoms with Crippen LogP contribution in [0.5, 0.6) is 0 Å². The standard InChI is InChI=1S/C16H20N2O2S/c1-4-14-12(3)18-20-16(14)17-15(19)10-21-9-13-8-6-5-7-11(13)2/h5-8H,4,9-10H2,1-3H3,(H,17,19). The molecule has 1 aromatic carbocycles. The van der Waals surface area contributed by atoms with Crippen molar-refractivity contribution in [3.63, 3.8) is 0 Å². The first kappa shape index (κ1) is 15.6. The van der Waals surface area contributed by atoms with Crippen molar-refractivity contribution in [2.45, 2.75) is 32.9 Å². The van der Waals surface area contributed by atoms with Gasteiger partial charge in [-0.25, -0.2) is 0 Å². The van der Waals surface area contributed by atoms with Crippen molar-refractivity contribution in [1.82, 2.24) is 5.16 Å². The van der Waals surface area contributed by atoms with Crippen LogP contribution in [0.1, 0.15) is 29.3 Å². The number of nitrogens with one attached hydrogen (secondary N) is 1. The average Bonchev–Trinajstić information content (AvgIpc) is 2.81. The van der Waals surface area contributed by atoms with Crippen LogP contribution in [0.2, 0.25) is 0 Å². The highest BCUT2D eigenvalue weighted by atomic mass is 32.2. The maximum atomic E-state index is 11.9. The molecule has 0 saturated carbocycles. The second kappa shape index (κ2) is 7.31. The summed E-state index contributed by atoms with van der Waals surface area (Å²) in [6.45, 7) is 5.98. The molecule has 0 spiro atoms. The van der Waals surface area contributed by atoms with Gasteiger partial charge in [0.1, 0.15) is 0 Å². The zero-order valence-electron chi connectivity index (χ0n) is 12.6. The number of carbonyl (C=O) groups excluding carboxylic acids is 1. The molecule has 1 aromatic heterocycles. The third kappa shape index (κ3) is 4.11. The monoisotopic (exact) mass is 304 g/mol. The van der Waals surface area contributed by atoms with Gasteiger partial charge in [-0.3, -0.25) is 10.1 Å². The van der Waals surface area contributed by atoms with E-state index in [1.807, 2.05) is 26.0 Å². The van der Waals surface area contributed by atoms with E-state index in [0.29, 0.717) is 11.6 Å². The Morgan fingerprint density at radius 1 is 1.33 bits per heavy atom. The van der Waals surface area contributed by atoms with Crippen LogP contribution in [0.4, 0.5) is 5.88 Å². The summed E-state index contributed by atoms with van der Waals surface area (Å²) in [7, 11) is 0. The van der Waals surface area contributed by atoms with Crippen LogP contribution in [0, 0.1) is 13.8 Å². The van der Waals surface area contributed by atoms with Crippen LogP contribution < -0.4 is 5.32 Å². The lowest BCUT2D eigenvalue weighted by atomic mass is 10.1. The zero-order chi connectivity index (χ0) is 15.2. The van der Waals surface area contributed by atoms with Crippen LogP contribution in [0.3, 0.4) is 0 Å². The van der Waals surface area contributed by atoms with Crippen molar-refractivity contribution >= 4 is 23.6 Å². The third-order valence-corrected chi connectivity index (χ3v) is 4.32. The van der Waals surface area contributed by atoms with Gasteiger partial charge in [-0.15, -0.1) is 11.8 Å². The molecule has 1 amide bonds. The minimum atomic E-state index is -0.0561. The maximum Gasteiger partial charge on any atom is 0.236 e. The topological polar surface area (TPSA) is 55.1 Å². The van der Waals surface area contributed by atoms with Crippen molar-refractivity contribution in [1.29, 1.82) is 0 Å². The number of benzene rings is 1. The number of aromatic nitrogens is 1. The molecule has 0 aliphatic carbocycles. The van der Waals surface area contributed by atoms with Crippen molar-refractivity contribution in [2.24, 2.45) is 0 Å². The highest BCUT2D eigenvalue weighted by Gasteiger charge is 2.13. The van der Waals surface area contributed by atoms with Gasteiger partial charge in [0.25, 0.3) is 0 Å². The summed E-state index contributed by atoms with van der Waals surface area (Å²) in [6, 6.07) is 8.22. The van der Waals surface area contributed by atoms with Gasteiger partial charge in [0.15, 0.2) is 0 Å². The smallest absolute Gasteiger partial charge is 0.236 e. The summed E-state index contributed by atoms with van der Waals surface area (Å²) in [5.74, 6) is 1.66. The van der Waals surface area contributed by atoms with Crippen LogP contribution in [0.15, 0.2) is 28.8 Å². The molecule has 2 rings (SSSR count). The van der Waals surface area contributed by atoms with E-state index in [2.05, 4.69) is 29.5 Å². The van der Waals surface area contributed by atoms with Crippen molar-refractivity contribution in [2.75, 3.05) is 11.1 Å². The largest absolute Gasteiger partial charge is 0.338 e. The Balaban J connectivity index is 1.84. The predicted molar refractivity (Wildman–Crippen MR) is 86.6 cm³/mol. The van der Waals surface area contributed by atoms with Crippen molar-refractivity contribution in [3.05, 3.63) is 46.6 Å². The Morgan fingerprint density at radius 2 is 2.10 bits per heavy atom. The van der Waals surface area contributed by atoms with Crippen LogP contribution >= 0.6 is 11.8 Å². The highest BCUT2D eigenvalue weighted by Crippen LogP contribution is 2.20. The molecule has 4 nitrogen and oxygen atoms in total. The summed E-state index contributed by atoms with van der Waals surface area (Å²) in [4.78, 5) is 11.9. The molecule has 21 heavy (non-hydrogen) atoms. The van der Waals surface area contributed by atoms with Gasteiger partial charge in [0.2, 0.25) is 11.8 Å². The number of amides is 1. The molecule has 1 N–H and O–H groups in total. The van der Waals surface area contributed by atoms with E-state index in [9.17, 15) is 4.79 Å². The van der Waals surface area contributed by atoms with E-state index < -0.39 is 0 Å². The Bertz CT molecular complexity index is 622. The van der Waals surface area contributed by atoms with Gasteiger partial charge in [-0.2, -0.15) is 0 Å². The summed E-state index contributed by atoms with van der Waals surface area (Å²) in [5.41, 5.74) is 4.32. The first-order valence-corrected chi connectivity index (χ1v) is 8.14. The van der Waals surface area contributed by atoms with Crippen LogP contribution in [0.25, 0.3) is 0 Å². The minimum Gasteiger partial charge on any atom is -0.338 e. The normalized spacial score (nSPS) is 10.6. The first-order chi connectivity index (χ1) is 10.1. The second-order valence-electron chi connectivity index (χ2n) is 4.90. The molecule has 5 heteroatoms. The number of hydrogen-bond acceptors (Lipinski definition) is 4. The molecule has 0 aliphatic heterocycles. The fraction of sp³-hybridized carbons (Fsp3) is 0.375. The van der Waals surface area contributed by atoms with Gasteiger partial charge in [0, 0.05) is 11.3 Å². The van der Waals surface area contributed by atoms with Gasteiger partial charge in [-0.1, -0.05) is 36.3 Å². The lowest BCUT2D eigenvalue weighted by Gasteiger charge is -2.06. The number of rotatable bonds is 6. The van der Waals surface area contributed by atoms with Gasteiger partial charge < -0.3 is 4.52 Å². The van der Waals surface area contributed by atoms with E-state index in [1.165, 1.54) is 11.1 Å². The minimum absolute atomic E-state index is 0.0561. The Morgan fingerprint density at radius 3 is 2.81 bits per heavy atom. The molecule has 0 radical (unpaired) electrons. The molecule has 0 unspecified atom stereocenters. The molecule has 112 valence electrons. The average molecular weight is 304 g/mol. The van der Waals surface area contributed by atoms with Gasteiger partial charge in [-0.05, 0) is 31.4 Å². The number of hydrogen-bond donors (Lipinski definition) is 1.